The zero-order valence-corrected chi connectivity index (χ0v) is 18.7. The molecule has 1 spiro atoms. The highest BCUT2D eigenvalue weighted by molar-refractivity contribution is 5.98. The number of methoxy groups -OCH3 is 1. The number of fused-ring (bicyclic) bond motifs is 1. The van der Waals surface area contributed by atoms with E-state index in [1.807, 2.05) is 30.0 Å². The first-order valence-electron chi connectivity index (χ1n) is 11.4. The van der Waals surface area contributed by atoms with Crippen molar-refractivity contribution in [1.29, 1.82) is 0 Å². The summed E-state index contributed by atoms with van der Waals surface area (Å²) in [6, 6.07) is 5.70. The predicted octanol–water partition coefficient (Wildman–Crippen LogP) is 2.24. The molecule has 4 fully saturated rings. The Labute approximate surface area is 188 Å². The number of carbonyl (C=O) groups excluding carboxylic acids is 2. The molecular formula is C24H32N2O6. The van der Waals surface area contributed by atoms with Crippen LogP contribution in [-0.2, 0) is 14.3 Å². The molecule has 4 atom stereocenters. The van der Waals surface area contributed by atoms with E-state index in [4.69, 9.17) is 19.4 Å². The summed E-state index contributed by atoms with van der Waals surface area (Å²) in [4.78, 5) is 35.9. The summed E-state index contributed by atoms with van der Waals surface area (Å²) in [6.45, 7) is 3.69. The molecule has 5 rings (SSSR count). The van der Waals surface area contributed by atoms with E-state index >= 15 is 0 Å². The molecule has 174 valence electrons. The van der Waals surface area contributed by atoms with Crippen LogP contribution in [0.25, 0.3) is 0 Å². The van der Waals surface area contributed by atoms with E-state index in [0.29, 0.717) is 55.1 Å². The van der Waals surface area contributed by atoms with Gasteiger partial charge in [0.1, 0.15) is 5.75 Å². The molecule has 1 saturated carbocycles. The molecule has 4 aliphatic rings. The van der Waals surface area contributed by atoms with Crippen molar-refractivity contribution in [3.8, 4) is 5.75 Å². The minimum absolute atomic E-state index is 0.0206. The lowest BCUT2D eigenvalue weighted by molar-refractivity contribution is -0.123. The number of carboxylic acid groups (broad SMARTS) is 1. The maximum atomic E-state index is 13.4. The van der Waals surface area contributed by atoms with Crippen molar-refractivity contribution < 1.29 is 29.0 Å². The molecular weight excluding hydrogens is 412 g/mol. The van der Waals surface area contributed by atoms with E-state index in [0.717, 1.165) is 18.4 Å². The van der Waals surface area contributed by atoms with E-state index in [1.54, 1.807) is 7.11 Å². The van der Waals surface area contributed by atoms with Crippen LogP contribution < -0.4 is 10.1 Å². The van der Waals surface area contributed by atoms with Crippen molar-refractivity contribution in [2.24, 2.45) is 17.8 Å². The average molecular weight is 445 g/mol. The summed E-state index contributed by atoms with van der Waals surface area (Å²) in [7, 11) is 1.61. The topological polar surface area (TPSA) is 105 Å². The Balaban J connectivity index is 0.000000775. The molecule has 32 heavy (non-hydrogen) atoms. The van der Waals surface area contributed by atoms with Gasteiger partial charge in [-0.25, -0.2) is 0 Å². The van der Waals surface area contributed by atoms with Crippen molar-refractivity contribution >= 4 is 18.3 Å². The van der Waals surface area contributed by atoms with Crippen molar-refractivity contribution in [3.05, 3.63) is 29.3 Å². The van der Waals surface area contributed by atoms with Crippen molar-refractivity contribution in [1.82, 2.24) is 10.2 Å². The van der Waals surface area contributed by atoms with E-state index < -0.39 is 0 Å². The predicted molar refractivity (Wildman–Crippen MR) is 116 cm³/mol. The molecule has 3 aliphatic heterocycles. The van der Waals surface area contributed by atoms with Gasteiger partial charge in [0.2, 0.25) is 5.91 Å². The van der Waals surface area contributed by atoms with Crippen molar-refractivity contribution in [2.45, 2.75) is 50.7 Å². The molecule has 8 heteroatoms. The van der Waals surface area contributed by atoms with Crippen LogP contribution >= 0.6 is 0 Å². The van der Waals surface area contributed by atoms with Gasteiger partial charge in [-0.1, -0.05) is 12.1 Å². The number of ether oxygens (including phenoxy) is 2. The Morgan fingerprint density at radius 2 is 2.09 bits per heavy atom. The summed E-state index contributed by atoms with van der Waals surface area (Å²) in [5, 5.41) is 10.0. The van der Waals surface area contributed by atoms with Crippen LogP contribution in [0.3, 0.4) is 0 Å². The second-order valence-electron chi connectivity index (χ2n) is 9.42. The van der Waals surface area contributed by atoms with Gasteiger partial charge in [-0.15, -0.1) is 0 Å². The third-order valence-corrected chi connectivity index (χ3v) is 7.45. The standard InChI is InChI=1S/C23H30N2O4.CH2O2/c1-14-4-3-5-19(28-2)21(14)22(27)25-12-17-16(11-24-20(26)10-15-6-7-15)18-8-9-23(17,13-25)29-18;2-1-3/h3-5,15-18H,6-13H2,1-2H3,(H,24,26);1H,(H,2,3)/t16-,17+,18+,23+;/m0./s1. The van der Waals surface area contributed by atoms with Gasteiger partial charge in [0.05, 0.1) is 30.9 Å². The molecule has 0 aromatic heterocycles. The maximum Gasteiger partial charge on any atom is 0.290 e. The molecule has 3 heterocycles. The Morgan fingerprint density at radius 1 is 1.34 bits per heavy atom. The third-order valence-electron chi connectivity index (χ3n) is 7.45. The van der Waals surface area contributed by atoms with Crippen LogP contribution in [0.4, 0.5) is 0 Å². The fraction of sp³-hybridized carbons (Fsp3) is 0.625. The van der Waals surface area contributed by atoms with Crippen LogP contribution in [0, 0.1) is 24.7 Å². The number of hydrogen-bond donors (Lipinski definition) is 2. The van der Waals surface area contributed by atoms with Crippen LogP contribution in [0.1, 0.15) is 48.0 Å². The number of likely N-dealkylation sites (tertiary alicyclic amines) is 1. The lowest BCUT2D eigenvalue weighted by Crippen LogP contribution is -2.41. The van der Waals surface area contributed by atoms with Crippen LogP contribution in [0.15, 0.2) is 18.2 Å². The van der Waals surface area contributed by atoms with Gasteiger partial charge in [-0.3, -0.25) is 14.4 Å². The molecule has 0 radical (unpaired) electrons. The van der Waals surface area contributed by atoms with Crippen LogP contribution in [0.5, 0.6) is 5.75 Å². The first kappa shape index (κ1) is 22.6. The van der Waals surface area contributed by atoms with E-state index in [9.17, 15) is 9.59 Å². The molecule has 2 bridgehead atoms. The normalized spacial score (nSPS) is 29.7. The summed E-state index contributed by atoms with van der Waals surface area (Å²) >= 11 is 0. The van der Waals surface area contributed by atoms with Crippen LogP contribution in [0.2, 0.25) is 0 Å². The fourth-order valence-corrected chi connectivity index (χ4v) is 5.75. The largest absolute Gasteiger partial charge is 0.496 e. The summed E-state index contributed by atoms with van der Waals surface area (Å²) in [5.74, 6) is 2.00. The second-order valence-corrected chi connectivity index (χ2v) is 9.42. The van der Waals surface area contributed by atoms with Gasteiger partial charge in [0.25, 0.3) is 12.4 Å². The number of hydrogen-bond acceptors (Lipinski definition) is 5. The zero-order chi connectivity index (χ0) is 22.9. The molecule has 2 N–H and O–H groups in total. The Kier molecular flexibility index (Phi) is 6.42. The Morgan fingerprint density at radius 3 is 2.78 bits per heavy atom. The molecule has 2 amide bonds. The van der Waals surface area contributed by atoms with Gasteiger partial charge in [-0.05, 0) is 50.2 Å². The molecule has 8 nitrogen and oxygen atoms in total. The summed E-state index contributed by atoms with van der Waals surface area (Å²) in [5.41, 5.74) is 1.34. The number of benzene rings is 1. The van der Waals surface area contributed by atoms with Gasteiger partial charge >= 0.3 is 0 Å². The molecule has 1 aromatic rings. The van der Waals surface area contributed by atoms with Gasteiger partial charge in [0.15, 0.2) is 0 Å². The van der Waals surface area contributed by atoms with E-state index in [1.165, 1.54) is 12.8 Å². The van der Waals surface area contributed by atoms with Gasteiger partial charge in [0, 0.05) is 31.3 Å². The first-order chi connectivity index (χ1) is 15.4. The monoisotopic (exact) mass is 444 g/mol. The van der Waals surface area contributed by atoms with Crippen molar-refractivity contribution in [3.63, 3.8) is 0 Å². The molecule has 0 unspecified atom stereocenters. The lowest BCUT2D eigenvalue weighted by atomic mass is 9.73. The second kappa shape index (κ2) is 9.10. The zero-order valence-electron chi connectivity index (χ0n) is 18.7. The number of carbonyl (C=O) groups is 3. The molecule has 1 aromatic carbocycles. The highest BCUT2D eigenvalue weighted by Crippen LogP contribution is 2.55. The Bertz CT molecular complexity index is 885. The molecule has 1 aliphatic carbocycles. The highest BCUT2D eigenvalue weighted by Gasteiger charge is 2.63. The minimum atomic E-state index is -0.250. The van der Waals surface area contributed by atoms with Gasteiger partial charge < -0.3 is 24.8 Å². The number of nitrogens with zero attached hydrogens (tertiary/aromatic N) is 1. The number of rotatable bonds is 6. The Hall–Kier alpha value is -2.61. The SMILES string of the molecule is COc1cccc(C)c1C(=O)N1C[C@@H]2[C@H](CNC(=O)CC3CC3)[C@H]3CC[C@]2(C1)O3.O=CO. The smallest absolute Gasteiger partial charge is 0.290 e. The van der Waals surface area contributed by atoms with E-state index in [2.05, 4.69) is 5.32 Å². The van der Waals surface area contributed by atoms with Crippen LogP contribution in [-0.4, -0.2) is 66.7 Å². The third kappa shape index (κ3) is 4.20. The fourth-order valence-electron chi connectivity index (χ4n) is 5.75. The minimum Gasteiger partial charge on any atom is -0.496 e. The summed E-state index contributed by atoms with van der Waals surface area (Å²) in [6.07, 6.45) is 5.28. The first-order valence-corrected chi connectivity index (χ1v) is 11.4. The van der Waals surface area contributed by atoms with Crippen molar-refractivity contribution in [2.75, 3.05) is 26.7 Å². The number of nitrogens with one attached hydrogen (secondary N) is 1. The lowest BCUT2D eigenvalue weighted by Gasteiger charge is -2.29. The highest BCUT2D eigenvalue weighted by atomic mass is 16.5. The van der Waals surface area contributed by atoms with Gasteiger partial charge in [-0.2, -0.15) is 0 Å². The quantitative estimate of drug-likeness (QED) is 0.652. The molecule has 3 saturated heterocycles. The maximum absolute atomic E-state index is 13.4. The van der Waals surface area contributed by atoms with E-state index in [-0.39, 0.29) is 30.0 Å². The summed E-state index contributed by atoms with van der Waals surface area (Å²) < 4.78 is 11.9. The average Bonchev–Trinajstić information content (AvgIpc) is 3.25. The number of amides is 2. The number of aryl methyl sites for hydroxylation is 1.